The molecule has 8 heteroatoms. The first-order valence-corrected chi connectivity index (χ1v) is 9.59. The predicted molar refractivity (Wildman–Crippen MR) is 114 cm³/mol. The van der Waals surface area contributed by atoms with Crippen LogP contribution in [-0.2, 0) is 17.9 Å². The summed E-state index contributed by atoms with van der Waals surface area (Å²) in [5.41, 5.74) is 0.271. The highest BCUT2D eigenvalue weighted by atomic mass is 16.5. The van der Waals surface area contributed by atoms with Crippen LogP contribution >= 0.6 is 0 Å². The lowest BCUT2D eigenvalue weighted by molar-refractivity contribution is -0.121. The number of nitrogens with zero attached hydrogens (tertiary/aromatic N) is 2. The molecule has 8 nitrogen and oxygen atoms in total. The number of hydrogen-bond donors (Lipinski definition) is 1. The van der Waals surface area contributed by atoms with Crippen LogP contribution < -0.4 is 26.0 Å². The summed E-state index contributed by atoms with van der Waals surface area (Å²) in [6.07, 6.45) is 0. The van der Waals surface area contributed by atoms with Crippen LogP contribution in [0, 0.1) is 0 Å². The van der Waals surface area contributed by atoms with Crippen molar-refractivity contribution in [2.24, 2.45) is 0 Å². The Morgan fingerprint density at radius 3 is 2.27 bits per heavy atom. The summed E-state index contributed by atoms with van der Waals surface area (Å²) < 4.78 is 13.0. The molecule has 0 fully saturated rings. The fraction of sp³-hybridized carbons (Fsp3) is 0.318. The van der Waals surface area contributed by atoms with Gasteiger partial charge in [-0.25, -0.2) is 4.79 Å². The molecular weight excluding hydrogens is 386 g/mol. The van der Waals surface area contributed by atoms with E-state index in [0.717, 1.165) is 10.1 Å². The summed E-state index contributed by atoms with van der Waals surface area (Å²) in [5, 5.41) is 3.09. The van der Waals surface area contributed by atoms with Crippen LogP contribution in [0.3, 0.4) is 0 Å². The number of methoxy groups -OCH3 is 2. The van der Waals surface area contributed by atoms with E-state index in [1.165, 1.54) is 24.9 Å². The third kappa shape index (κ3) is 4.07. The minimum absolute atomic E-state index is 0.231. The average Bonchev–Trinajstić information content (AvgIpc) is 2.74. The van der Waals surface area contributed by atoms with Crippen molar-refractivity contribution in [1.82, 2.24) is 14.5 Å². The second-order valence-electron chi connectivity index (χ2n) is 7.12. The normalized spacial score (nSPS) is 11.0. The van der Waals surface area contributed by atoms with E-state index in [9.17, 15) is 14.4 Å². The molecule has 1 amide bonds. The van der Waals surface area contributed by atoms with Gasteiger partial charge in [-0.1, -0.05) is 30.3 Å². The van der Waals surface area contributed by atoms with E-state index in [4.69, 9.17) is 9.47 Å². The van der Waals surface area contributed by atoms with Crippen LogP contribution in [0.2, 0.25) is 0 Å². The Hall–Kier alpha value is -3.55. The van der Waals surface area contributed by atoms with Crippen LogP contribution in [0.25, 0.3) is 10.9 Å². The summed E-state index contributed by atoms with van der Waals surface area (Å²) in [7, 11) is 2.94. The molecule has 0 aliphatic carbocycles. The minimum Gasteiger partial charge on any atom is -0.493 e. The van der Waals surface area contributed by atoms with Gasteiger partial charge in [0, 0.05) is 18.7 Å². The Balaban J connectivity index is 2.08. The highest BCUT2D eigenvalue weighted by Gasteiger charge is 2.19. The monoisotopic (exact) mass is 411 g/mol. The van der Waals surface area contributed by atoms with Gasteiger partial charge in [-0.2, -0.15) is 0 Å². The van der Waals surface area contributed by atoms with Crippen LogP contribution in [0.5, 0.6) is 11.5 Å². The van der Waals surface area contributed by atoms with Crippen LogP contribution in [0.4, 0.5) is 0 Å². The molecule has 0 saturated heterocycles. The van der Waals surface area contributed by atoms with Gasteiger partial charge in [0.05, 0.1) is 25.1 Å². The molecule has 0 radical (unpaired) electrons. The van der Waals surface area contributed by atoms with Crippen molar-refractivity contribution >= 4 is 16.8 Å². The van der Waals surface area contributed by atoms with Gasteiger partial charge < -0.3 is 14.8 Å². The Labute approximate surface area is 173 Å². The Morgan fingerprint density at radius 1 is 1.03 bits per heavy atom. The fourth-order valence-electron chi connectivity index (χ4n) is 3.32. The molecule has 0 unspecified atom stereocenters. The van der Waals surface area contributed by atoms with Crippen molar-refractivity contribution in [2.75, 3.05) is 14.2 Å². The SMILES string of the molecule is COc1cc2c(=O)n(C(C)C)c(=O)n(CC(=O)NCc3ccccc3)c2cc1OC. The molecule has 3 rings (SSSR count). The quantitative estimate of drug-likeness (QED) is 0.643. The topological polar surface area (TPSA) is 91.6 Å². The molecule has 30 heavy (non-hydrogen) atoms. The van der Waals surface area contributed by atoms with Crippen LogP contribution in [0.1, 0.15) is 25.5 Å². The second kappa shape index (κ2) is 8.86. The zero-order valence-electron chi connectivity index (χ0n) is 17.5. The standard InChI is InChI=1S/C22H25N3O5/c1-14(2)25-21(27)16-10-18(29-3)19(30-4)11-17(16)24(22(25)28)13-20(26)23-12-15-8-6-5-7-9-15/h5-11,14H,12-13H2,1-4H3,(H,23,26). The van der Waals surface area contributed by atoms with Crippen molar-refractivity contribution in [3.63, 3.8) is 0 Å². The zero-order valence-corrected chi connectivity index (χ0v) is 17.5. The molecule has 2 aromatic carbocycles. The molecule has 0 aliphatic heterocycles. The van der Waals surface area contributed by atoms with Crippen LogP contribution in [0.15, 0.2) is 52.1 Å². The van der Waals surface area contributed by atoms with Gasteiger partial charge >= 0.3 is 5.69 Å². The third-order valence-corrected chi connectivity index (χ3v) is 4.83. The number of hydrogen-bond acceptors (Lipinski definition) is 5. The maximum atomic E-state index is 13.1. The number of fused-ring (bicyclic) bond motifs is 1. The first-order chi connectivity index (χ1) is 14.4. The molecule has 3 aromatic rings. The van der Waals surface area contributed by atoms with Gasteiger partial charge in [0.15, 0.2) is 11.5 Å². The summed E-state index contributed by atoms with van der Waals surface area (Å²) >= 11 is 0. The Bertz CT molecular complexity index is 1180. The number of benzene rings is 2. The Morgan fingerprint density at radius 2 is 1.67 bits per heavy atom. The maximum Gasteiger partial charge on any atom is 0.332 e. The summed E-state index contributed by atoms with van der Waals surface area (Å²) in [4.78, 5) is 38.7. The number of aromatic nitrogens is 2. The average molecular weight is 411 g/mol. The molecule has 0 bridgehead atoms. The van der Waals surface area contributed by atoms with E-state index in [-0.39, 0.29) is 23.9 Å². The van der Waals surface area contributed by atoms with E-state index in [2.05, 4.69) is 5.32 Å². The molecule has 1 heterocycles. The number of carbonyl (C=O) groups is 1. The van der Waals surface area contributed by atoms with Gasteiger partial charge in [0.25, 0.3) is 5.56 Å². The predicted octanol–water partition coefficient (Wildman–Crippen LogP) is 2.08. The second-order valence-corrected chi connectivity index (χ2v) is 7.12. The first kappa shape index (κ1) is 21.2. The molecule has 0 spiro atoms. The highest BCUT2D eigenvalue weighted by Crippen LogP contribution is 2.30. The van der Waals surface area contributed by atoms with Gasteiger partial charge in [-0.15, -0.1) is 0 Å². The summed E-state index contributed by atoms with van der Waals surface area (Å²) in [6.45, 7) is 3.60. The fourth-order valence-corrected chi connectivity index (χ4v) is 3.32. The van der Waals surface area contributed by atoms with E-state index in [0.29, 0.717) is 23.6 Å². The maximum absolute atomic E-state index is 13.1. The van der Waals surface area contributed by atoms with Gasteiger partial charge in [0.1, 0.15) is 6.54 Å². The molecule has 0 aliphatic rings. The molecule has 0 saturated carbocycles. The van der Waals surface area contributed by atoms with Crippen molar-refractivity contribution in [2.45, 2.75) is 33.0 Å². The van der Waals surface area contributed by atoms with Gasteiger partial charge in [-0.3, -0.25) is 18.7 Å². The van der Waals surface area contributed by atoms with Gasteiger partial charge in [0.2, 0.25) is 5.91 Å². The van der Waals surface area contributed by atoms with E-state index in [1.807, 2.05) is 30.3 Å². The lowest BCUT2D eigenvalue weighted by Gasteiger charge is -2.17. The Kier molecular flexibility index (Phi) is 6.25. The first-order valence-electron chi connectivity index (χ1n) is 9.59. The lowest BCUT2D eigenvalue weighted by Crippen LogP contribution is -2.43. The van der Waals surface area contributed by atoms with Crippen molar-refractivity contribution < 1.29 is 14.3 Å². The van der Waals surface area contributed by atoms with Gasteiger partial charge in [-0.05, 0) is 25.5 Å². The molecule has 0 atom stereocenters. The number of nitrogens with one attached hydrogen (secondary N) is 1. The van der Waals surface area contributed by atoms with E-state index >= 15 is 0 Å². The number of ether oxygens (including phenoxy) is 2. The largest absolute Gasteiger partial charge is 0.493 e. The minimum atomic E-state index is -0.551. The third-order valence-electron chi connectivity index (χ3n) is 4.83. The number of rotatable bonds is 7. The molecular formula is C22H25N3O5. The van der Waals surface area contributed by atoms with E-state index in [1.54, 1.807) is 19.9 Å². The van der Waals surface area contributed by atoms with E-state index < -0.39 is 11.2 Å². The summed E-state index contributed by atoms with van der Waals surface area (Å²) in [5.74, 6) is 0.395. The zero-order chi connectivity index (χ0) is 21.8. The van der Waals surface area contributed by atoms with Crippen molar-refractivity contribution in [3.8, 4) is 11.5 Å². The number of amides is 1. The lowest BCUT2D eigenvalue weighted by atomic mass is 10.2. The molecule has 1 N–H and O–H groups in total. The highest BCUT2D eigenvalue weighted by molar-refractivity contribution is 5.84. The van der Waals surface area contributed by atoms with Crippen LogP contribution in [-0.4, -0.2) is 29.3 Å². The smallest absolute Gasteiger partial charge is 0.332 e. The van der Waals surface area contributed by atoms with Crippen molar-refractivity contribution in [1.29, 1.82) is 0 Å². The van der Waals surface area contributed by atoms with Crippen molar-refractivity contribution in [3.05, 3.63) is 68.9 Å². The molecule has 158 valence electrons. The molecule has 1 aromatic heterocycles. The number of carbonyl (C=O) groups excluding carboxylic acids is 1. The summed E-state index contributed by atoms with van der Waals surface area (Å²) in [6, 6.07) is 12.2.